The number of aliphatic hydroxyl groups is 2. The molecule has 0 spiro atoms. The minimum Gasteiger partial charge on any atom is -0.396 e. The molecule has 2 heterocycles. The predicted octanol–water partition coefficient (Wildman–Crippen LogP) is 0.622. The van der Waals surface area contributed by atoms with Gasteiger partial charge in [0.25, 0.3) is 0 Å². The molecule has 0 aliphatic carbocycles. The molecule has 4 heteroatoms. The van der Waals surface area contributed by atoms with Gasteiger partial charge < -0.3 is 19.8 Å². The van der Waals surface area contributed by atoms with E-state index in [9.17, 15) is 10.2 Å². The van der Waals surface area contributed by atoms with Crippen molar-refractivity contribution >= 4 is 0 Å². The summed E-state index contributed by atoms with van der Waals surface area (Å²) in [6, 6.07) is 0. The fourth-order valence-corrected chi connectivity index (χ4v) is 3.32. The molecule has 0 aromatic rings. The first kappa shape index (κ1) is 13.3. The van der Waals surface area contributed by atoms with Crippen molar-refractivity contribution in [2.24, 2.45) is 5.41 Å². The Morgan fingerprint density at radius 3 is 2.47 bits per heavy atom. The van der Waals surface area contributed by atoms with Crippen LogP contribution in [-0.4, -0.2) is 60.7 Å². The number of rotatable bonds is 2. The Kier molecular flexibility index (Phi) is 4.08. The van der Waals surface area contributed by atoms with Gasteiger partial charge in [-0.2, -0.15) is 0 Å². The van der Waals surface area contributed by atoms with Gasteiger partial charge in [0, 0.05) is 25.2 Å². The maximum absolute atomic E-state index is 11.0. The molecule has 2 rings (SSSR count). The minimum atomic E-state index is -0.712. The van der Waals surface area contributed by atoms with E-state index in [4.69, 9.17) is 4.74 Å². The van der Waals surface area contributed by atoms with E-state index in [-0.39, 0.29) is 12.0 Å². The van der Waals surface area contributed by atoms with Gasteiger partial charge in [0.2, 0.25) is 0 Å². The van der Waals surface area contributed by atoms with Crippen LogP contribution in [0.4, 0.5) is 0 Å². The maximum atomic E-state index is 11.0. The van der Waals surface area contributed by atoms with Gasteiger partial charge in [0.1, 0.15) is 0 Å². The Hall–Kier alpha value is -0.160. The first-order chi connectivity index (χ1) is 8.12. The van der Waals surface area contributed by atoms with Crippen LogP contribution in [0.15, 0.2) is 0 Å². The number of hydrogen-bond acceptors (Lipinski definition) is 4. The standard InChI is InChI=1S/C13H25NO3/c1-14-7-2-3-13(16,4-8-14)12(11-15)5-9-17-10-6-12/h15-16H,2-11H2,1H3. The summed E-state index contributed by atoms with van der Waals surface area (Å²) in [5.74, 6) is 0. The highest BCUT2D eigenvalue weighted by atomic mass is 16.5. The second-order valence-corrected chi connectivity index (χ2v) is 5.74. The van der Waals surface area contributed by atoms with Crippen molar-refractivity contribution in [3.63, 3.8) is 0 Å². The second-order valence-electron chi connectivity index (χ2n) is 5.74. The van der Waals surface area contributed by atoms with E-state index in [1.807, 2.05) is 0 Å². The quantitative estimate of drug-likeness (QED) is 0.746. The van der Waals surface area contributed by atoms with E-state index in [0.29, 0.717) is 13.2 Å². The number of nitrogens with zero attached hydrogens (tertiary/aromatic N) is 1. The lowest BCUT2D eigenvalue weighted by Crippen LogP contribution is -2.54. The van der Waals surface area contributed by atoms with E-state index in [1.165, 1.54) is 0 Å². The van der Waals surface area contributed by atoms with Crippen LogP contribution in [-0.2, 0) is 4.74 Å². The third-order valence-corrected chi connectivity index (χ3v) is 4.78. The molecular formula is C13H25NO3. The largest absolute Gasteiger partial charge is 0.396 e. The van der Waals surface area contributed by atoms with Gasteiger partial charge in [0.05, 0.1) is 12.2 Å². The summed E-state index contributed by atoms with van der Waals surface area (Å²) in [5.41, 5.74) is -1.05. The van der Waals surface area contributed by atoms with Crippen LogP contribution in [0.1, 0.15) is 32.1 Å². The number of ether oxygens (including phenoxy) is 1. The molecule has 0 radical (unpaired) electrons. The summed E-state index contributed by atoms with van der Waals surface area (Å²) in [7, 11) is 2.10. The lowest BCUT2D eigenvalue weighted by molar-refractivity contribution is -0.159. The molecule has 2 aliphatic heterocycles. The van der Waals surface area contributed by atoms with E-state index in [0.717, 1.165) is 45.2 Å². The Balaban J connectivity index is 2.15. The van der Waals surface area contributed by atoms with Gasteiger partial charge in [-0.3, -0.25) is 0 Å². The van der Waals surface area contributed by atoms with Gasteiger partial charge in [-0.05, 0) is 45.7 Å². The van der Waals surface area contributed by atoms with Crippen molar-refractivity contribution in [2.45, 2.75) is 37.7 Å². The molecule has 100 valence electrons. The lowest BCUT2D eigenvalue weighted by Gasteiger charge is -2.48. The average molecular weight is 243 g/mol. The summed E-state index contributed by atoms with van der Waals surface area (Å²) in [5, 5.41) is 20.8. The smallest absolute Gasteiger partial charge is 0.0740 e. The molecule has 1 atom stereocenters. The molecule has 0 saturated carbocycles. The fraction of sp³-hybridized carbons (Fsp3) is 1.00. The van der Waals surface area contributed by atoms with Gasteiger partial charge in [-0.25, -0.2) is 0 Å². The van der Waals surface area contributed by atoms with Gasteiger partial charge in [-0.15, -0.1) is 0 Å². The Morgan fingerprint density at radius 1 is 1.12 bits per heavy atom. The van der Waals surface area contributed by atoms with Crippen LogP contribution < -0.4 is 0 Å². The van der Waals surface area contributed by atoms with Crippen molar-refractivity contribution in [1.82, 2.24) is 4.90 Å². The highest BCUT2D eigenvalue weighted by molar-refractivity contribution is 5.01. The van der Waals surface area contributed by atoms with Crippen molar-refractivity contribution in [2.75, 3.05) is 40.0 Å². The third-order valence-electron chi connectivity index (χ3n) is 4.78. The lowest BCUT2D eigenvalue weighted by atomic mass is 9.64. The summed E-state index contributed by atoms with van der Waals surface area (Å²) < 4.78 is 5.38. The van der Waals surface area contributed by atoms with E-state index in [1.54, 1.807) is 0 Å². The van der Waals surface area contributed by atoms with Crippen molar-refractivity contribution in [3.8, 4) is 0 Å². The van der Waals surface area contributed by atoms with E-state index < -0.39 is 5.60 Å². The maximum Gasteiger partial charge on any atom is 0.0740 e. The SMILES string of the molecule is CN1CCCC(O)(C2(CO)CCOCC2)CC1. The van der Waals surface area contributed by atoms with Crippen molar-refractivity contribution < 1.29 is 14.9 Å². The van der Waals surface area contributed by atoms with Gasteiger partial charge >= 0.3 is 0 Å². The molecule has 17 heavy (non-hydrogen) atoms. The zero-order valence-corrected chi connectivity index (χ0v) is 10.8. The van der Waals surface area contributed by atoms with Crippen LogP contribution in [0.25, 0.3) is 0 Å². The Morgan fingerprint density at radius 2 is 1.82 bits per heavy atom. The Labute approximate surface area is 104 Å². The molecule has 4 nitrogen and oxygen atoms in total. The first-order valence-corrected chi connectivity index (χ1v) is 6.71. The highest BCUT2D eigenvalue weighted by Gasteiger charge is 2.50. The molecule has 0 amide bonds. The number of hydrogen-bond donors (Lipinski definition) is 2. The fourth-order valence-electron chi connectivity index (χ4n) is 3.32. The molecule has 0 aromatic carbocycles. The monoisotopic (exact) mass is 243 g/mol. The normalized spacial score (nSPS) is 35.5. The molecule has 2 N–H and O–H groups in total. The molecule has 1 unspecified atom stereocenters. The molecular weight excluding hydrogens is 218 g/mol. The zero-order valence-electron chi connectivity index (χ0n) is 10.8. The highest BCUT2D eigenvalue weighted by Crippen LogP contribution is 2.46. The number of likely N-dealkylation sites (tertiary alicyclic amines) is 1. The van der Waals surface area contributed by atoms with E-state index in [2.05, 4.69) is 11.9 Å². The van der Waals surface area contributed by atoms with Crippen LogP contribution in [0.3, 0.4) is 0 Å². The third kappa shape index (κ3) is 2.50. The molecule has 2 fully saturated rings. The summed E-state index contributed by atoms with van der Waals surface area (Å²) in [6.07, 6.45) is 4.14. The number of aliphatic hydroxyl groups excluding tert-OH is 1. The summed E-state index contributed by atoms with van der Waals surface area (Å²) in [6.45, 7) is 3.37. The summed E-state index contributed by atoms with van der Waals surface area (Å²) >= 11 is 0. The molecule has 2 saturated heterocycles. The molecule has 2 aliphatic rings. The average Bonchev–Trinajstić information content (AvgIpc) is 2.53. The van der Waals surface area contributed by atoms with Crippen LogP contribution in [0.2, 0.25) is 0 Å². The van der Waals surface area contributed by atoms with E-state index >= 15 is 0 Å². The first-order valence-electron chi connectivity index (χ1n) is 6.71. The van der Waals surface area contributed by atoms with Crippen molar-refractivity contribution in [1.29, 1.82) is 0 Å². The summed E-state index contributed by atoms with van der Waals surface area (Å²) in [4.78, 5) is 2.27. The van der Waals surface area contributed by atoms with Gasteiger partial charge in [-0.1, -0.05) is 0 Å². The second kappa shape index (κ2) is 5.22. The van der Waals surface area contributed by atoms with Crippen LogP contribution >= 0.6 is 0 Å². The molecule has 0 aromatic heterocycles. The van der Waals surface area contributed by atoms with Crippen LogP contribution in [0, 0.1) is 5.41 Å². The minimum absolute atomic E-state index is 0.0799. The Bertz CT molecular complexity index is 253. The molecule has 0 bridgehead atoms. The topological polar surface area (TPSA) is 52.9 Å². The predicted molar refractivity (Wildman–Crippen MR) is 65.9 cm³/mol. The zero-order chi connectivity index (χ0) is 12.4. The van der Waals surface area contributed by atoms with Crippen molar-refractivity contribution in [3.05, 3.63) is 0 Å². The van der Waals surface area contributed by atoms with Gasteiger partial charge in [0.15, 0.2) is 0 Å². The van der Waals surface area contributed by atoms with Crippen LogP contribution in [0.5, 0.6) is 0 Å².